The molecular weight excluding hydrogens is 374 g/mol. The van der Waals surface area contributed by atoms with Gasteiger partial charge in [0.1, 0.15) is 5.75 Å². The lowest BCUT2D eigenvalue weighted by Gasteiger charge is -2.32. The van der Waals surface area contributed by atoms with E-state index in [1.165, 1.54) is 27.9 Å². The molecule has 1 aliphatic carbocycles. The largest absolute Gasteiger partial charge is 0.511 e. The van der Waals surface area contributed by atoms with E-state index in [9.17, 15) is 14.7 Å². The summed E-state index contributed by atoms with van der Waals surface area (Å²) in [6, 6.07) is 6.15. The molecule has 29 heavy (non-hydrogen) atoms. The molecule has 1 fully saturated rings. The number of phenolic OH excluding ortho intramolecular Hbond substituents is 1. The van der Waals surface area contributed by atoms with Crippen LogP contribution >= 0.6 is 0 Å². The summed E-state index contributed by atoms with van der Waals surface area (Å²) < 4.78 is 6.34. The smallest absolute Gasteiger partial charge is 0.508 e. The first-order valence-corrected chi connectivity index (χ1v) is 9.89. The first-order chi connectivity index (χ1) is 13.8. The fourth-order valence-electron chi connectivity index (χ4n) is 3.76. The predicted molar refractivity (Wildman–Crippen MR) is 108 cm³/mol. The molecule has 1 aliphatic rings. The summed E-state index contributed by atoms with van der Waals surface area (Å²) in [4.78, 5) is 26.1. The average molecular weight is 401 g/mol. The van der Waals surface area contributed by atoms with E-state index in [4.69, 9.17) is 9.84 Å². The summed E-state index contributed by atoms with van der Waals surface area (Å²) in [6.45, 7) is 5.92. The Kier molecular flexibility index (Phi) is 6.10. The van der Waals surface area contributed by atoms with Gasteiger partial charge in [-0.3, -0.25) is 9.69 Å². The van der Waals surface area contributed by atoms with E-state index in [2.05, 4.69) is 12.0 Å². The van der Waals surface area contributed by atoms with E-state index in [0.29, 0.717) is 11.6 Å². The highest BCUT2D eigenvalue weighted by Gasteiger charge is 2.34. The van der Waals surface area contributed by atoms with Gasteiger partial charge in [-0.25, -0.2) is 9.48 Å². The predicted octanol–water partition coefficient (Wildman–Crippen LogP) is 4.20. The highest BCUT2D eigenvalue weighted by molar-refractivity contribution is 5.96. The zero-order valence-electron chi connectivity index (χ0n) is 16.9. The number of hydrogen-bond acceptors (Lipinski definition) is 5. The second-order valence-electron chi connectivity index (χ2n) is 7.91. The zero-order chi connectivity index (χ0) is 21.1. The molecule has 8 nitrogen and oxygen atoms in total. The molecule has 156 valence electrons. The van der Waals surface area contributed by atoms with Crippen LogP contribution in [0.5, 0.6) is 11.5 Å². The van der Waals surface area contributed by atoms with Crippen LogP contribution in [0.2, 0.25) is 0 Å². The summed E-state index contributed by atoms with van der Waals surface area (Å²) in [5.74, 6) is 0.623. The van der Waals surface area contributed by atoms with Crippen LogP contribution in [0.4, 0.5) is 10.6 Å². The lowest BCUT2D eigenvalue weighted by atomic mass is 9.82. The molecule has 0 bridgehead atoms. The number of anilines is 1. The standard InChI is InChI=1S/C21H27N3O5/c1-13(2)24(20(26)15-9-7-14(3)8-10-15)19-18(29-21(27)28)12-23(22-19)16-5-4-6-17(25)11-16/h4-6,11-15,25H,7-10H2,1-3H3,(H,27,28)/t14-,15-. The Morgan fingerprint density at radius 3 is 2.52 bits per heavy atom. The first kappa shape index (κ1) is 20.7. The van der Waals surface area contributed by atoms with Crippen molar-refractivity contribution in [1.29, 1.82) is 0 Å². The van der Waals surface area contributed by atoms with Gasteiger partial charge >= 0.3 is 6.16 Å². The number of benzene rings is 1. The molecule has 0 unspecified atom stereocenters. The SMILES string of the molecule is CC(C)N(c1nn(-c2cccc(O)c2)cc1OC(=O)O)C(=O)[C@H]1CC[C@H](C)CC1. The number of ether oxygens (including phenoxy) is 1. The van der Waals surface area contributed by atoms with Gasteiger partial charge in [0.25, 0.3) is 0 Å². The molecule has 2 aromatic rings. The minimum Gasteiger partial charge on any atom is -0.508 e. The van der Waals surface area contributed by atoms with Crippen LogP contribution in [0.15, 0.2) is 30.5 Å². The van der Waals surface area contributed by atoms with Gasteiger partial charge in [-0.1, -0.05) is 13.0 Å². The molecule has 1 aromatic carbocycles. The van der Waals surface area contributed by atoms with E-state index in [0.717, 1.165) is 25.7 Å². The number of aromatic hydroxyl groups is 1. The molecule has 1 amide bonds. The van der Waals surface area contributed by atoms with Gasteiger partial charge in [0, 0.05) is 18.0 Å². The number of rotatable bonds is 5. The Hall–Kier alpha value is -3.03. The topological polar surface area (TPSA) is 105 Å². The van der Waals surface area contributed by atoms with Crippen molar-refractivity contribution >= 4 is 17.9 Å². The second kappa shape index (κ2) is 8.55. The minimum atomic E-state index is -1.48. The van der Waals surface area contributed by atoms with Crippen molar-refractivity contribution in [3.8, 4) is 17.2 Å². The van der Waals surface area contributed by atoms with Crippen molar-refractivity contribution in [2.75, 3.05) is 4.90 Å². The fourth-order valence-corrected chi connectivity index (χ4v) is 3.76. The highest BCUT2D eigenvalue weighted by Crippen LogP contribution is 2.35. The number of carbonyl (C=O) groups is 2. The van der Waals surface area contributed by atoms with Crippen LogP contribution < -0.4 is 9.64 Å². The molecular formula is C21H27N3O5. The van der Waals surface area contributed by atoms with Crippen LogP contribution in [0.1, 0.15) is 46.5 Å². The Morgan fingerprint density at radius 2 is 1.93 bits per heavy atom. The summed E-state index contributed by atoms with van der Waals surface area (Å²) >= 11 is 0. The molecule has 8 heteroatoms. The lowest BCUT2D eigenvalue weighted by molar-refractivity contribution is -0.124. The number of aromatic nitrogens is 2. The maximum Gasteiger partial charge on any atom is 0.511 e. The molecule has 0 atom stereocenters. The highest BCUT2D eigenvalue weighted by atomic mass is 16.7. The van der Waals surface area contributed by atoms with Crippen LogP contribution in [-0.4, -0.2) is 38.1 Å². The average Bonchev–Trinajstić information content (AvgIpc) is 3.05. The number of carboxylic acid groups (broad SMARTS) is 1. The van der Waals surface area contributed by atoms with Gasteiger partial charge in [0.05, 0.1) is 11.9 Å². The van der Waals surface area contributed by atoms with Crippen molar-refractivity contribution in [3.05, 3.63) is 30.5 Å². The summed E-state index contributed by atoms with van der Waals surface area (Å²) in [6.07, 6.45) is 3.54. The van der Waals surface area contributed by atoms with Crippen molar-refractivity contribution < 1.29 is 24.5 Å². The molecule has 3 rings (SSSR count). The van der Waals surface area contributed by atoms with Crippen LogP contribution in [0, 0.1) is 11.8 Å². The van der Waals surface area contributed by atoms with Crippen LogP contribution in [0.3, 0.4) is 0 Å². The van der Waals surface area contributed by atoms with E-state index in [1.807, 2.05) is 13.8 Å². The van der Waals surface area contributed by atoms with Crippen LogP contribution in [0.25, 0.3) is 5.69 Å². The molecule has 1 aromatic heterocycles. The monoisotopic (exact) mass is 401 g/mol. The van der Waals surface area contributed by atoms with Gasteiger partial charge < -0.3 is 14.9 Å². The van der Waals surface area contributed by atoms with Crippen molar-refractivity contribution in [1.82, 2.24) is 9.78 Å². The van der Waals surface area contributed by atoms with Gasteiger partial charge in [-0.05, 0) is 57.6 Å². The number of hydrogen-bond donors (Lipinski definition) is 2. The van der Waals surface area contributed by atoms with Gasteiger partial charge in [0.15, 0.2) is 5.75 Å². The number of phenols is 1. The van der Waals surface area contributed by atoms with Crippen molar-refractivity contribution in [3.63, 3.8) is 0 Å². The molecule has 0 aliphatic heterocycles. The maximum atomic E-state index is 13.3. The number of nitrogens with zero attached hydrogens (tertiary/aromatic N) is 3. The van der Waals surface area contributed by atoms with Crippen LogP contribution in [-0.2, 0) is 4.79 Å². The summed E-state index contributed by atoms with van der Waals surface area (Å²) in [5.41, 5.74) is 0.522. The van der Waals surface area contributed by atoms with E-state index >= 15 is 0 Å². The lowest BCUT2D eigenvalue weighted by Crippen LogP contribution is -2.42. The van der Waals surface area contributed by atoms with Gasteiger partial charge in [-0.15, -0.1) is 5.10 Å². The minimum absolute atomic E-state index is 0.0212. The third-order valence-corrected chi connectivity index (χ3v) is 5.30. The second-order valence-corrected chi connectivity index (χ2v) is 7.91. The molecule has 1 heterocycles. The normalized spacial score (nSPS) is 19.2. The Bertz CT molecular complexity index is 884. The third-order valence-electron chi connectivity index (χ3n) is 5.30. The summed E-state index contributed by atoms with van der Waals surface area (Å²) in [5, 5.41) is 23.3. The molecule has 0 saturated heterocycles. The third kappa shape index (κ3) is 4.70. The summed E-state index contributed by atoms with van der Waals surface area (Å²) in [7, 11) is 0. The maximum absolute atomic E-state index is 13.3. The van der Waals surface area contributed by atoms with Crippen molar-refractivity contribution in [2.45, 2.75) is 52.5 Å². The van der Waals surface area contributed by atoms with Gasteiger partial charge in [-0.2, -0.15) is 0 Å². The van der Waals surface area contributed by atoms with Gasteiger partial charge in [0.2, 0.25) is 11.7 Å². The van der Waals surface area contributed by atoms with E-state index in [1.54, 1.807) is 12.1 Å². The van der Waals surface area contributed by atoms with Crippen molar-refractivity contribution in [2.24, 2.45) is 11.8 Å². The van der Waals surface area contributed by atoms with E-state index < -0.39 is 6.16 Å². The first-order valence-electron chi connectivity index (χ1n) is 9.89. The fraction of sp³-hybridized carbons (Fsp3) is 0.476. The number of carbonyl (C=O) groups excluding carboxylic acids is 1. The van der Waals surface area contributed by atoms with E-state index in [-0.39, 0.29) is 35.2 Å². The molecule has 0 spiro atoms. The Labute approximate surface area is 169 Å². The quantitative estimate of drug-likeness (QED) is 0.728. The molecule has 2 N–H and O–H groups in total. The Balaban J connectivity index is 2.00. The molecule has 1 saturated carbocycles. The number of amides is 1. The zero-order valence-corrected chi connectivity index (χ0v) is 16.9. The molecule has 0 radical (unpaired) electrons. The Morgan fingerprint density at radius 1 is 1.24 bits per heavy atom.